The molecule has 41 heavy (non-hydrogen) atoms. The zero-order valence-corrected chi connectivity index (χ0v) is 22.9. The number of ether oxygens (including phenoxy) is 2. The van der Waals surface area contributed by atoms with E-state index in [9.17, 15) is 14.9 Å². The molecule has 0 aliphatic rings. The number of nitro groups is 1. The molecule has 0 spiro atoms. The number of aromatic nitrogens is 4. The minimum absolute atomic E-state index is 0.00729. The predicted octanol–water partition coefficient (Wildman–Crippen LogP) is 3.66. The lowest BCUT2D eigenvalue weighted by Gasteiger charge is -2.23. The van der Waals surface area contributed by atoms with Crippen LogP contribution >= 0.6 is 0 Å². The molecule has 0 saturated carbocycles. The molecule has 2 aromatic heterocycles. The van der Waals surface area contributed by atoms with Crippen molar-refractivity contribution in [2.24, 2.45) is 0 Å². The van der Waals surface area contributed by atoms with E-state index in [0.717, 1.165) is 25.9 Å². The Morgan fingerprint density at radius 1 is 1.17 bits per heavy atom. The summed E-state index contributed by atoms with van der Waals surface area (Å²) < 4.78 is 13.2. The first-order valence-corrected chi connectivity index (χ1v) is 13.0. The molecule has 2 heterocycles. The first-order valence-electron chi connectivity index (χ1n) is 13.0. The van der Waals surface area contributed by atoms with E-state index in [2.05, 4.69) is 30.5 Å². The number of rotatable bonds is 14. The molecular weight excluding hydrogens is 530 g/mol. The number of benzene rings is 2. The van der Waals surface area contributed by atoms with Crippen molar-refractivity contribution in [3.05, 3.63) is 71.3 Å². The Balaban J connectivity index is 1.14. The number of methoxy groups -OCH3 is 1. The average molecular weight is 564 g/mol. The quantitative estimate of drug-likeness (QED) is 0.117. The SMILES string of the molecule is COC(CCn1cnc2c(N)ncnc21)CN(C)CCCNC(=O)Nc1ccc(Oc2ccccc2[N+](=O)[O-])cc1. The van der Waals surface area contributed by atoms with Crippen LogP contribution < -0.4 is 21.1 Å². The zero-order chi connectivity index (χ0) is 29.2. The second kappa shape index (κ2) is 14.0. The standard InChI is InChI=1S/C27H33N9O5/c1-34(16-21(40-2)12-15-35-18-32-24-25(28)30-17-31-26(24)35)14-5-13-29-27(37)33-19-8-10-20(11-9-19)41-23-7-4-3-6-22(23)36(38)39/h3-4,6-11,17-18,21H,5,12-16H2,1-2H3,(H2,28,30,31)(H2,29,33,37). The third-order valence-corrected chi connectivity index (χ3v) is 6.37. The van der Waals surface area contributed by atoms with Crippen LogP contribution in [0.1, 0.15) is 12.8 Å². The number of nitrogen functional groups attached to an aromatic ring is 1. The van der Waals surface area contributed by atoms with Gasteiger partial charge in [0.25, 0.3) is 0 Å². The zero-order valence-electron chi connectivity index (χ0n) is 22.9. The van der Waals surface area contributed by atoms with Gasteiger partial charge in [0.2, 0.25) is 5.75 Å². The maximum Gasteiger partial charge on any atom is 0.319 e. The van der Waals surface area contributed by atoms with Gasteiger partial charge in [-0.05, 0) is 56.8 Å². The van der Waals surface area contributed by atoms with E-state index in [4.69, 9.17) is 15.2 Å². The molecule has 0 fully saturated rings. The Hall–Kier alpha value is -4.82. The Labute approximate surface area is 236 Å². The summed E-state index contributed by atoms with van der Waals surface area (Å²) in [5, 5.41) is 16.8. The molecule has 0 aliphatic carbocycles. The lowest BCUT2D eigenvalue weighted by Crippen LogP contribution is -2.35. The van der Waals surface area contributed by atoms with Crippen LogP contribution in [0, 0.1) is 10.1 Å². The number of imidazole rings is 1. The fraction of sp³-hybridized carbons (Fsp3) is 0.333. The lowest BCUT2D eigenvalue weighted by atomic mass is 10.2. The molecule has 4 rings (SSSR count). The number of fused-ring (bicyclic) bond motifs is 1. The molecule has 14 nitrogen and oxygen atoms in total. The number of carbonyl (C=O) groups excluding carboxylic acids is 1. The fourth-order valence-corrected chi connectivity index (χ4v) is 4.22. The Morgan fingerprint density at radius 2 is 1.95 bits per heavy atom. The molecule has 1 unspecified atom stereocenters. The maximum absolute atomic E-state index is 12.3. The molecule has 14 heteroatoms. The van der Waals surface area contributed by atoms with E-state index in [1.54, 1.807) is 49.8 Å². The number of nitrogens with two attached hydrogens (primary N) is 1. The summed E-state index contributed by atoms with van der Waals surface area (Å²) in [4.78, 5) is 37.7. The number of nitrogens with zero attached hydrogens (tertiary/aromatic N) is 6. The number of aryl methyl sites for hydroxylation is 1. The molecule has 0 aliphatic heterocycles. The van der Waals surface area contributed by atoms with E-state index < -0.39 is 4.92 Å². The van der Waals surface area contributed by atoms with Crippen LogP contribution in [0.15, 0.2) is 61.2 Å². The molecule has 0 radical (unpaired) electrons. The molecule has 2 amide bonds. The third-order valence-electron chi connectivity index (χ3n) is 6.37. The number of amides is 2. The number of likely N-dealkylation sites (N-methyl/N-ethyl adjacent to an activating group) is 1. The van der Waals surface area contributed by atoms with Crippen LogP contribution in [0.2, 0.25) is 0 Å². The van der Waals surface area contributed by atoms with E-state index in [1.165, 1.54) is 18.5 Å². The van der Waals surface area contributed by atoms with Crippen LogP contribution in [0.5, 0.6) is 11.5 Å². The molecule has 216 valence electrons. The largest absolute Gasteiger partial charge is 0.450 e. The van der Waals surface area contributed by atoms with Gasteiger partial charge in [-0.3, -0.25) is 10.1 Å². The van der Waals surface area contributed by atoms with Crippen molar-refractivity contribution in [3.63, 3.8) is 0 Å². The van der Waals surface area contributed by atoms with Crippen molar-refractivity contribution in [3.8, 4) is 11.5 Å². The second-order valence-electron chi connectivity index (χ2n) is 9.36. The molecule has 0 saturated heterocycles. The minimum Gasteiger partial charge on any atom is -0.450 e. The van der Waals surface area contributed by atoms with Crippen LogP contribution in [0.4, 0.5) is 22.0 Å². The Morgan fingerprint density at radius 3 is 2.71 bits per heavy atom. The van der Waals surface area contributed by atoms with Gasteiger partial charge in [0.1, 0.15) is 17.6 Å². The highest BCUT2D eigenvalue weighted by atomic mass is 16.6. The Bertz CT molecular complexity index is 1460. The highest BCUT2D eigenvalue weighted by Crippen LogP contribution is 2.31. The molecule has 0 bridgehead atoms. The molecule has 4 N–H and O–H groups in total. The van der Waals surface area contributed by atoms with Crippen LogP contribution in [-0.4, -0.2) is 75.3 Å². The van der Waals surface area contributed by atoms with Crippen molar-refractivity contribution in [1.82, 2.24) is 29.7 Å². The number of carbonyl (C=O) groups is 1. The monoisotopic (exact) mass is 563 g/mol. The van der Waals surface area contributed by atoms with E-state index in [0.29, 0.717) is 41.5 Å². The normalized spacial score (nSPS) is 11.9. The van der Waals surface area contributed by atoms with Crippen LogP contribution in [-0.2, 0) is 11.3 Å². The van der Waals surface area contributed by atoms with Gasteiger partial charge in [-0.2, -0.15) is 0 Å². The molecule has 4 aromatic rings. The van der Waals surface area contributed by atoms with Gasteiger partial charge in [0.05, 0.1) is 17.4 Å². The van der Waals surface area contributed by atoms with Gasteiger partial charge in [0.15, 0.2) is 11.5 Å². The predicted molar refractivity (Wildman–Crippen MR) is 154 cm³/mol. The van der Waals surface area contributed by atoms with Crippen LogP contribution in [0.3, 0.4) is 0 Å². The van der Waals surface area contributed by atoms with Gasteiger partial charge in [0, 0.05) is 38.5 Å². The number of para-hydroxylation sites is 2. The summed E-state index contributed by atoms with van der Waals surface area (Å²) in [5.41, 5.74) is 7.60. The van der Waals surface area contributed by atoms with Gasteiger partial charge < -0.3 is 35.3 Å². The molecule has 1 atom stereocenters. The average Bonchev–Trinajstić information content (AvgIpc) is 3.39. The lowest BCUT2D eigenvalue weighted by molar-refractivity contribution is -0.385. The summed E-state index contributed by atoms with van der Waals surface area (Å²) in [6, 6.07) is 12.4. The van der Waals surface area contributed by atoms with Gasteiger partial charge in [-0.25, -0.2) is 19.7 Å². The first-order chi connectivity index (χ1) is 19.8. The van der Waals surface area contributed by atoms with E-state index in [1.807, 2.05) is 11.6 Å². The smallest absolute Gasteiger partial charge is 0.319 e. The van der Waals surface area contributed by atoms with Crippen molar-refractivity contribution < 1.29 is 19.2 Å². The molecule has 2 aromatic carbocycles. The third kappa shape index (κ3) is 8.09. The summed E-state index contributed by atoms with van der Waals surface area (Å²) in [7, 11) is 3.71. The van der Waals surface area contributed by atoms with E-state index in [-0.39, 0.29) is 23.6 Å². The number of urea groups is 1. The topological polar surface area (TPSA) is 176 Å². The number of hydrogen-bond acceptors (Lipinski definition) is 10. The maximum atomic E-state index is 12.3. The summed E-state index contributed by atoms with van der Waals surface area (Å²) in [5.74, 6) is 0.922. The molecular formula is C27H33N9O5. The van der Waals surface area contributed by atoms with Gasteiger partial charge >= 0.3 is 11.7 Å². The highest BCUT2D eigenvalue weighted by molar-refractivity contribution is 5.89. The van der Waals surface area contributed by atoms with Crippen molar-refractivity contribution in [2.45, 2.75) is 25.5 Å². The number of nitro benzene ring substituents is 1. The Kier molecular flexibility index (Phi) is 9.96. The van der Waals surface area contributed by atoms with Crippen molar-refractivity contribution >= 4 is 34.4 Å². The minimum atomic E-state index is -0.499. The van der Waals surface area contributed by atoms with E-state index >= 15 is 0 Å². The number of anilines is 2. The second-order valence-corrected chi connectivity index (χ2v) is 9.36. The van der Waals surface area contributed by atoms with Gasteiger partial charge in [-0.15, -0.1) is 0 Å². The fourth-order valence-electron chi connectivity index (χ4n) is 4.22. The number of nitrogens with one attached hydrogen (secondary N) is 2. The first kappa shape index (κ1) is 29.2. The summed E-state index contributed by atoms with van der Waals surface area (Å²) in [6.45, 7) is 2.68. The summed E-state index contributed by atoms with van der Waals surface area (Å²) >= 11 is 0. The van der Waals surface area contributed by atoms with Gasteiger partial charge in [-0.1, -0.05) is 12.1 Å². The highest BCUT2D eigenvalue weighted by Gasteiger charge is 2.15. The number of hydrogen-bond donors (Lipinski definition) is 3. The van der Waals surface area contributed by atoms with Crippen molar-refractivity contribution in [1.29, 1.82) is 0 Å². The van der Waals surface area contributed by atoms with Crippen molar-refractivity contribution in [2.75, 3.05) is 44.8 Å². The summed E-state index contributed by atoms with van der Waals surface area (Å²) in [6.07, 6.45) is 4.67. The van der Waals surface area contributed by atoms with Crippen LogP contribution in [0.25, 0.3) is 11.2 Å².